The first kappa shape index (κ1) is 20.6. The van der Waals surface area contributed by atoms with Crippen molar-refractivity contribution < 1.29 is 5.11 Å². The fourth-order valence-corrected chi connectivity index (χ4v) is 3.71. The van der Waals surface area contributed by atoms with E-state index in [1.54, 1.807) is 35.8 Å². The van der Waals surface area contributed by atoms with Crippen LogP contribution >= 0.6 is 15.9 Å². The van der Waals surface area contributed by atoms with Crippen LogP contribution in [0.15, 0.2) is 67.7 Å². The van der Waals surface area contributed by atoms with Gasteiger partial charge in [-0.2, -0.15) is 10.1 Å². The SMILES string of the molecule is C/C(=N\Nc1nc2c(c(=O)[nH]c(=O)n2C)n1Cc1cccc(Br)c1)c1ccccc1O. The van der Waals surface area contributed by atoms with Crippen molar-refractivity contribution in [1.29, 1.82) is 0 Å². The van der Waals surface area contributed by atoms with Gasteiger partial charge in [0.05, 0.1) is 12.3 Å². The number of rotatable bonds is 5. The van der Waals surface area contributed by atoms with Crippen LogP contribution in [-0.4, -0.2) is 29.9 Å². The predicted octanol–water partition coefficient (Wildman–Crippen LogP) is 2.78. The summed E-state index contributed by atoms with van der Waals surface area (Å²) in [5.41, 5.74) is 4.31. The molecule has 0 saturated heterocycles. The van der Waals surface area contributed by atoms with Crippen molar-refractivity contribution in [2.75, 3.05) is 5.43 Å². The molecule has 0 aliphatic rings. The van der Waals surface area contributed by atoms with E-state index >= 15 is 0 Å². The normalized spacial score (nSPS) is 11.8. The Balaban J connectivity index is 1.84. The van der Waals surface area contributed by atoms with Crippen molar-refractivity contribution in [3.05, 3.63) is 85.0 Å². The molecule has 0 amide bonds. The van der Waals surface area contributed by atoms with E-state index in [0.29, 0.717) is 17.8 Å². The lowest BCUT2D eigenvalue weighted by molar-refractivity contribution is 0.474. The minimum atomic E-state index is -0.551. The second-order valence-electron chi connectivity index (χ2n) is 6.97. The number of halogens is 1. The first-order chi connectivity index (χ1) is 14.8. The zero-order valence-corrected chi connectivity index (χ0v) is 18.3. The van der Waals surface area contributed by atoms with Crippen molar-refractivity contribution in [1.82, 2.24) is 19.1 Å². The lowest BCUT2D eigenvalue weighted by atomic mass is 10.1. The van der Waals surface area contributed by atoms with Crippen LogP contribution in [0.5, 0.6) is 5.75 Å². The van der Waals surface area contributed by atoms with Gasteiger partial charge in [0.1, 0.15) is 5.75 Å². The lowest BCUT2D eigenvalue weighted by Gasteiger charge is -2.10. The molecule has 158 valence electrons. The van der Waals surface area contributed by atoms with Crippen LogP contribution in [0.25, 0.3) is 11.2 Å². The van der Waals surface area contributed by atoms with Crippen LogP contribution in [0.1, 0.15) is 18.1 Å². The van der Waals surface area contributed by atoms with Crippen LogP contribution in [0, 0.1) is 0 Å². The van der Waals surface area contributed by atoms with Crippen molar-refractivity contribution in [2.24, 2.45) is 12.1 Å². The average Bonchev–Trinajstić information content (AvgIpc) is 3.09. The number of phenols is 1. The minimum Gasteiger partial charge on any atom is -0.507 e. The maximum atomic E-state index is 12.6. The molecule has 10 heteroatoms. The molecule has 2 aromatic carbocycles. The summed E-state index contributed by atoms with van der Waals surface area (Å²) < 4.78 is 3.84. The summed E-state index contributed by atoms with van der Waals surface area (Å²) in [5.74, 6) is 0.392. The van der Waals surface area contributed by atoms with Gasteiger partial charge in [-0.05, 0) is 36.8 Å². The number of nitrogens with one attached hydrogen (secondary N) is 2. The summed E-state index contributed by atoms with van der Waals surface area (Å²) in [7, 11) is 1.54. The summed E-state index contributed by atoms with van der Waals surface area (Å²) in [6, 6.07) is 14.5. The van der Waals surface area contributed by atoms with E-state index in [0.717, 1.165) is 10.0 Å². The molecule has 0 radical (unpaired) electrons. The van der Waals surface area contributed by atoms with Crippen LogP contribution < -0.4 is 16.7 Å². The van der Waals surface area contributed by atoms with Gasteiger partial charge in [0, 0.05) is 17.1 Å². The molecule has 0 atom stereocenters. The summed E-state index contributed by atoms with van der Waals surface area (Å²) in [4.78, 5) is 31.4. The zero-order valence-electron chi connectivity index (χ0n) is 16.8. The van der Waals surface area contributed by atoms with E-state index in [2.05, 4.69) is 36.4 Å². The van der Waals surface area contributed by atoms with E-state index in [-0.39, 0.29) is 22.9 Å². The number of aryl methyl sites for hydroxylation is 1. The highest BCUT2D eigenvalue weighted by molar-refractivity contribution is 9.10. The predicted molar refractivity (Wildman–Crippen MR) is 123 cm³/mol. The molecule has 2 heterocycles. The summed E-state index contributed by atoms with van der Waals surface area (Å²) in [6.07, 6.45) is 0. The fraction of sp³-hybridized carbons (Fsp3) is 0.143. The fourth-order valence-electron chi connectivity index (χ4n) is 3.27. The van der Waals surface area contributed by atoms with Crippen molar-refractivity contribution in [3.63, 3.8) is 0 Å². The Morgan fingerprint density at radius 3 is 2.74 bits per heavy atom. The molecular formula is C21H19BrN6O3. The zero-order chi connectivity index (χ0) is 22.1. The van der Waals surface area contributed by atoms with E-state index in [1.807, 2.05) is 24.3 Å². The highest BCUT2D eigenvalue weighted by Gasteiger charge is 2.18. The Kier molecular flexibility index (Phi) is 5.47. The number of aromatic hydroxyl groups is 1. The second kappa shape index (κ2) is 8.23. The average molecular weight is 483 g/mol. The number of anilines is 1. The number of hydrogen-bond acceptors (Lipinski definition) is 6. The molecule has 0 spiro atoms. The number of fused-ring (bicyclic) bond motifs is 1. The number of para-hydroxylation sites is 1. The first-order valence-corrected chi connectivity index (χ1v) is 10.2. The maximum Gasteiger partial charge on any atom is 0.329 e. The van der Waals surface area contributed by atoms with Gasteiger partial charge in [-0.25, -0.2) is 10.2 Å². The van der Waals surface area contributed by atoms with Gasteiger partial charge >= 0.3 is 5.69 Å². The van der Waals surface area contributed by atoms with Gasteiger partial charge in [0.25, 0.3) is 5.56 Å². The standard InChI is InChI=1S/C21H19BrN6O3/c1-12(15-8-3-4-9-16(15)29)25-26-20-23-18-17(19(30)24-21(31)27(18)2)28(20)11-13-6-5-7-14(22)10-13/h3-10,29H,11H2,1-2H3,(H,23,26)(H,24,30,31)/b25-12+. The second-order valence-corrected chi connectivity index (χ2v) is 7.88. The van der Waals surface area contributed by atoms with Crippen LogP contribution in [-0.2, 0) is 13.6 Å². The third-order valence-electron chi connectivity index (χ3n) is 4.85. The van der Waals surface area contributed by atoms with Gasteiger partial charge in [-0.1, -0.05) is 40.2 Å². The molecule has 0 bridgehead atoms. The quantitative estimate of drug-likeness (QED) is 0.298. The number of H-pyrrole nitrogens is 1. The third kappa shape index (κ3) is 4.02. The highest BCUT2D eigenvalue weighted by Crippen LogP contribution is 2.21. The number of hydrazone groups is 1. The Morgan fingerprint density at radius 1 is 1.23 bits per heavy atom. The Labute approximate surface area is 184 Å². The van der Waals surface area contributed by atoms with Gasteiger partial charge in [0.2, 0.25) is 5.95 Å². The van der Waals surface area contributed by atoms with Gasteiger partial charge in [0.15, 0.2) is 11.2 Å². The lowest BCUT2D eigenvalue weighted by Crippen LogP contribution is -2.29. The Morgan fingerprint density at radius 2 is 2.00 bits per heavy atom. The number of benzene rings is 2. The van der Waals surface area contributed by atoms with Crippen molar-refractivity contribution in [3.8, 4) is 5.75 Å². The molecule has 9 nitrogen and oxygen atoms in total. The molecular weight excluding hydrogens is 464 g/mol. The highest BCUT2D eigenvalue weighted by atomic mass is 79.9. The summed E-state index contributed by atoms with van der Waals surface area (Å²) >= 11 is 3.45. The molecule has 2 aromatic heterocycles. The van der Waals surface area contributed by atoms with E-state index < -0.39 is 11.2 Å². The number of hydrogen-bond donors (Lipinski definition) is 3. The van der Waals surface area contributed by atoms with Gasteiger partial charge in [-0.15, -0.1) is 0 Å². The largest absolute Gasteiger partial charge is 0.507 e. The Bertz CT molecular complexity index is 1430. The maximum absolute atomic E-state index is 12.6. The van der Waals surface area contributed by atoms with Crippen LogP contribution in [0.2, 0.25) is 0 Å². The number of aromatic amines is 1. The number of imidazole rings is 1. The minimum absolute atomic E-state index is 0.104. The number of aromatic nitrogens is 4. The third-order valence-corrected chi connectivity index (χ3v) is 5.35. The molecule has 31 heavy (non-hydrogen) atoms. The van der Waals surface area contributed by atoms with E-state index in [1.165, 1.54) is 11.6 Å². The first-order valence-electron chi connectivity index (χ1n) is 9.38. The molecule has 0 saturated carbocycles. The molecule has 0 aliphatic heterocycles. The van der Waals surface area contributed by atoms with Crippen molar-refractivity contribution >= 4 is 38.8 Å². The molecule has 3 N–H and O–H groups in total. The monoisotopic (exact) mass is 482 g/mol. The topological polar surface area (TPSA) is 117 Å². The van der Waals surface area contributed by atoms with Crippen molar-refractivity contribution in [2.45, 2.75) is 13.5 Å². The Hall–Kier alpha value is -3.66. The van der Waals surface area contributed by atoms with Crippen LogP contribution in [0.3, 0.4) is 0 Å². The molecule has 0 aliphatic carbocycles. The molecule has 0 fully saturated rings. The van der Waals surface area contributed by atoms with Gasteiger partial charge < -0.3 is 5.11 Å². The molecule has 4 aromatic rings. The number of nitrogens with zero attached hydrogens (tertiary/aromatic N) is 4. The molecule has 0 unspecified atom stereocenters. The summed E-state index contributed by atoms with van der Waals surface area (Å²) in [5, 5.41) is 14.4. The summed E-state index contributed by atoms with van der Waals surface area (Å²) in [6.45, 7) is 2.07. The number of phenolic OH excluding ortho intramolecular Hbond substituents is 1. The van der Waals surface area contributed by atoms with Gasteiger partial charge in [-0.3, -0.25) is 18.9 Å². The van der Waals surface area contributed by atoms with Crippen LogP contribution in [0.4, 0.5) is 5.95 Å². The van der Waals surface area contributed by atoms with E-state index in [9.17, 15) is 14.7 Å². The molecule has 4 rings (SSSR count). The smallest absolute Gasteiger partial charge is 0.329 e. The van der Waals surface area contributed by atoms with E-state index in [4.69, 9.17) is 0 Å².